The monoisotopic (exact) mass is 328 g/mol. The summed E-state index contributed by atoms with van der Waals surface area (Å²) in [6, 6.07) is 6.43. The van der Waals surface area contributed by atoms with Gasteiger partial charge in [-0.1, -0.05) is 6.07 Å². The van der Waals surface area contributed by atoms with Crippen molar-refractivity contribution in [3.8, 4) is 5.75 Å². The Morgan fingerprint density at radius 3 is 2.81 bits per heavy atom. The fraction of sp³-hybridized carbons (Fsp3) is 0.385. The maximum absolute atomic E-state index is 12.0. The molecule has 0 aliphatic carbocycles. The highest BCUT2D eigenvalue weighted by atomic mass is 32.2. The van der Waals surface area contributed by atoms with Gasteiger partial charge in [0.1, 0.15) is 5.75 Å². The molecule has 2 rings (SSSR count). The first kappa shape index (κ1) is 15.7. The number of amides is 1. The summed E-state index contributed by atoms with van der Waals surface area (Å²) in [5.41, 5.74) is 0.414. The second-order valence-electron chi connectivity index (χ2n) is 4.76. The SMILES string of the molecule is COc1cccc(C(=O)NC(=S)N[C@H]2CCS(=O)(=O)C2)c1. The van der Waals surface area contributed by atoms with Crippen LogP contribution in [0, 0.1) is 0 Å². The first-order chi connectivity index (χ1) is 9.89. The number of hydrogen-bond donors (Lipinski definition) is 2. The number of ether oxygens (including phenoxy) is 1. The molecular formula is C13H16N2O4S2. The summed E-state index contributed by atoms with van der Waals surface area (Å²) in [6.07, 6.45) is 0.498. The predicted molar refractivity (Wildman–Crippen MR) is 83.3 cm³/mol. The molecule has 1 aromatic carbocycles. The summed E-state index contributed by atoms with van der Waals surface area (Å²) in [7, 11) is -1.46. The molecule has 0 unspecified atom stereocenters. The van der Waals surface area contributed by atoms with Gasteiger partial charge in [-0.05, 0) is 36.8 Å². The van der Waals surface area contributed by atoms with Gasteiger partial charge in [-0.3, -0.25) is 10.1 Å². The van der Waals surface area contributed by atoms with Crippen LogP contribution in [-0.4, -0.2) is 44.1 Å². The molecule has 0 spiro atoms. The van der Waals surface area contributed by atoms with E-state index in [-0.39, 0.29) is 28.6 Å². The number of hydrogen-bond acceptors (Lipinski definition) is 5. The molecule has 0 bridgehead atoms. The van der Waals surface area contributed by atoms with Crippen molar-refractivity contribution in [1.29, 1.82) is 0 Å². The quantitative estimate of drug-likeness (QED) is 0.786. The second-order valence-corrected chi connectivity index (χ2v) is 7.40. The van der Waals surface area contributed by atoms with Crippen LogP contribution in [0.2, 0.25) is 0 Å². The number of thiocarbonyl (C=S) groups is 1. The molecule has 114 valence electrons. The Balaban J connectivity index is 1.91. The average molecular weight is 328 g/mol. The Kier molecular flexibility index (Phi) is 4.79. The Hall–Kier alpha value is -1.67. The van der Waals surface area contributed by atoms with E-state index in [4.69, 9.17) is 17.0 Å². The molecule has 21 heavy (non-hydrogen) atoms. The third kappa shape index (κ3) is 4.40. The molecule has 1 saturated heterocycles. The van der Waals surface area contributed by atoms with Crippen molar-refractivity contribution in [3.05, 3.63) is 29.8 Å². The number of methoxy groups -OCH3 is 1. The van der Waals surface area contributed by atoms with Crippen molar-refractivity contribution in [2.45, 2.75) is 12.5 Å². The summed E-state index contributed by atoms with van der Waals surface area (Å²) < 4.78 is 27.7. The Morgan fingerprint density at radius 2 is 2.19 bits per heavy atom. The number of rotatable bonds is 3. The minimum absolute atomic E-state index is 0.0438. The van der Waals surface area contributed by atoms with Crippen LogP contribution < -0.4 is 15.4 Å². The van der Waals surface area contributed by atoms with Gasteiger partial charge < -0.3 is 10.1 Å². The van der Waals surface area contributed by atoms with E-state index in [0.29, 0.717) is 17.7 Å². The lowest BCUT2D eigenvalue weighted by molar-refractivity contribution is 0.0976. The molecule has 1 aromatic rings. The van der Waals surface area contributed by atoms with E-state index in [0.717, 1.165) is 0 Å². The van der Waals surface area contributed by atoms with Gasteiger partial charge in [0.25, 0.3) is 5.91 Å². The van der Waals surface area contributed by atoms with Gasteiger partial charge in [-0.2, -0.15) is 0 Å². The summed E-state index contributed by atoms with van der Waals surface area (Å²) in [5.74, 6) is 0.398. The molecule has 2 N–H and O–H groups in total. The van der Waals surface area contributed by atoms with E-state index in [1.807, 2.05) is 0 Å². The summed E-state index contributed by atoms with van der Waals surface area (Å²) in [6.45, 7) is 0. The Morgan fingerprint density at radius 1 is 1.43 bits per heavy atom. The maximum Gasteiger partial charge on any atom is 0.257 e. The molecule has 1 amide bonds. The lowest BCUT2D eigenvalue weighted by Crippen LogP contribution is -2.44. The molecule has 1 fully saturated rings. The second kappa shape index (κ2) is 6.40. The lowest BCUT2D eigenvalue weighted by atomic mass is 10.2. The fourth-order valence-electron chi connectivity index (χ4n) is 2.07. The number of carbonyl (C=O) groups is 1. The molecule has 6 nitrogen and oxygen atoms in total. The van der Waals surface area contributed by atoms with E-state index in [1.54, 1.807) is 24.3 Å². The van der Waals surface area contributed by atoms with Gasteiger partial charge in [0.2, 0.25) is 0 Å². The fourth-order valence-corrected chi connectivity index (χ4v) is 4.00. The number of benzene rings is 1. The first-order valence-electron chi connectivity index (χ1n) is 6.36. The summed E-state index contributed by atoms with van der Waals surface area (Å²) in [4.78, 5) is 12.0. The van der Waals surface area contributed by atoms with E-state index in [1.165, 1.54) is 7.11 Å². The van der Waals surface area contributed by atoms with Crippen LogP contribution in [-0.2, 0) is 9.84 Å². The zero-order chi connectivity index (χ0) is 15.5. The maximum atomic E-state index is 12.0. The standard InChI is InChI=1S/C13H16N2O4S2/c1-19-11-4-2-3-9(7-11)12(16)15-13(20)14-10-5-6-21(17,18)8-10/h2-4,7,10H,5-6,8H2,1H3,(H2,14,15,16,20)/t10-/m0/s1. The van der Waals surface area contributed by atoms with Crippen molar-refractivity contribution in [3.63, 3.8) is 0 Å². The minimum atomic E-state index is -2.98. The molecule has 0 radical (unpaired) electrons. The van der Waals surface area contributed by atoms with E-state index >= 15 is 0 Å². The summed E-state index contributed by atoms with van der Waals surface area (Å²) >= 11 is 5.03. The zero-order valence-corrected chi connectivity index (χ0v) is 13.1. The predicted octanol–water partition coefficient (Wildman–Crippen LogP) is 0.487. The molecule has 8 heteroatoms. The van der Waals surface area contributed by atoms with Gasteiger partial charge in [0, 0.05) is 11.6 Å². The highest BCUT2D eigenvalue weighted by Crippen LogP contribution is 2.13. The molecule has 0 aromatic heterocycles. The van der Waals surface area contributed by atoms with Crippen LogP contribution in [0.15, 0.2) is 24.3 Å². The smallest absolute Gasteiger partial charge is 0.257 e. The van der Waals surface area contributed by atoms with Crippen LogP contribution in [0.3, 0.4) is 0 Å². The number of sulfone groups is 1. The van der Waals surface area contributed by atoms with E-state index in [2.05, 4.69) is 10.6 Å². The summed E-state index contributed by atoms with van der Waals surface area (Å²) in [5, 5.41) is 5.52. The molecule has 0 saturated carbocycles. The molecule has 1 atom stereocenters. The zero-order valence-electron chi connectivity index (χ0n) is 11.5. The first-order valence-corrected chi connectivity index (χ1v) is 8.59. The number of nitrogens with one attached hydrogen (secondary N) is 2. The Bertz CT molecular complexity index is 658. The van der Waals surface area contributed by atoms with Crippen molar-refractivity contribution in [2.24, 2.45) is 0 Å². The van der Waals surface area contributed by atoms with Crippen molar-refractivity contribution in [2.75, 3.05) is 18.6 Å². The molecular weight excluding hydrogens is 312 g/mol. The van der Waals surface area contributed by atoms with E-state index < -0.39 is 9.84 Å². The lowest BCUT2D eigenvalue weighted by Gasteiger charge is -2.14. The van der Waals surface area contributed by atoms with Crippen molar-refractivity contribution >= 4 is 33.1 Å². The molecule has 1 heterocycles. The van der Waals surface area contributed by atoms with E-state index in [9.17, 15) is 13.2 Å². The highest BCUT2D eigenvalue weighted by molar-refractivity contribution is 7.91. The molecule has 1 aliphatic rings. The third-order valence-electron chi connectivity index (χ3n) is 3.13. The van der Waals surface area contributed by atoms with Crippen LogP contribution in [0.5, 0.6) is 5.75 Å². The van der Waals surface area contributed by atoms with Gasteiger partial charge >= 0.3 is 0 Å². The van der Waals surface area contributed by atoms with Crippen LogP contribution >= 0.6 is 12.2 Å². The topological polar surface area (TPSA) is 84.5 Å². The highest BCUT2D eigenvalue weighted by Gasteiger charge is 2.28. The van der Waals surface area contributed by atoms with Crippen molar-refractivity contribution in [1.82, 2.24) is 10.6 Å². The van der Waals surface area contributed by atoms with Crippen LogP contribution in [0.1, 0.15) is 16.8 Å². The molecule has 1 aliphatic heterocycles. The normalized spacial score (nSPS) is 19.8. The average Bonchev–Trinajstić information content (AvgIpc) is 2.77. The number of carbonyl (C=O) groups excluding carboxylic acids is 1. The minimum Gasteiger partial charge on any atom is -0.497 e. The van der Waals surface area contributed by atoms with Gasteiger partial charge in [-0.15, -0.1) is 0 Å². The van der Waals surface area contributed by atoms with Gasteiger partial charge in [0.05, 0.1) is 18.6 Å². The van der Waals surface area contributed by atoms with Crippen LogP contribution in [0.25, 0.3) is 0 Å². The Labute approximate surface area is 128 Å². The third-order valence-corrected chi connectivity index (χ3v) is 5.11. The largest absolute Gasteiger partial charge is 0.497 e. The van der Waals surface area contributed by atoms with Crippen molar-refractivity contribution < 1.29 is 17.9 Å². The van der Waals surface area contributed by atoms with Crippen LogP contribution in [0.4, 0.5) is 0 Å². The van der Waals surface area contributed by atoms with Gasteiger partial charge in [0.15, 0.2) is 14.9 Å². The van der Waals surface area contributed by atoms with Gasteiger partial charge in [-0.25, -0.2) is 8.42 Å².